The number of nitrogens with one attached hydrogen (secondary N) is 2. The van der Waals surface area contributed by atoms with E-state index >= 15 is 0 Å². The summed E-state index contributed by atoms with van der Waals surface area (Å²) in [5, 5.41) is 5.17. The van der Waals surface area contributed by atoms with Crippen LogP contribution in [0.2, 0.25) is 0 Å². The number of anilines is 1. The van der Waals surface area contributed by atoms with E-state index < -0.39 is 11.9 Å². The van der Waals surface area contributed by atoms with Gasteiger partial charge in [-0.3, -0.25) is 9.59 Å². The van der Waals surface area contributed by atoms with Crippen LogP contribution in [-0.2, 0) is 14.3 Å². The Morgan fingerprint density at radius 1 is 1.45 bits per heavy atom. The average Bonchev–Trinajstić information content (AvgIpc) is 2.39. The molecule has 0 fully saturated rings. The highest BCUT2D eigenvalue weighted by atomic mass is 79.9. The number of benzene rings is 1. The van der Waals surface area contributed by atoms with Gasteiger partial charge >= 0.3 is 0 Å². The van der Waals surface area contributed by atoms with Gasteiger partial charge in [0.25, 0.3) is 0 Å². The lowest BCUT2D eigenvalue weighted by Gasteiger charge is -2.12. The average molecular weight is 344 g/mol. The molecular formula is C13H18BrN3O3. The summed E-state index contributed by atoms with van der Waals surface area (Å²) < 4.78 is 5.70. The van der Waals surface area contributed by atoms with E-state index in [4.69, 9.17) is 10.5 Å². The van der Waals surface area contributed by atoms with Crippen LogP contribution in [0.4, 0.5) is 5.69 Å². The first-order valence-corrected chi connectivity index (χ1v) is 6.81. The number of amides is 2. The van der Waals surface area contributed by atoms with Gasteiger partial charge in [-0.25, -0.2) is 0 Å². The van der Waals surface area contributed by atoms with Crippen LogP contribution < -0.4 is 16.4 Å². The van der Waals surface area contributed by atoms with Crippen LogP contribution in [0.25, 0.3) is 0 Å². The molecule has 1 aromatic rings. The molecular weight excluding hydrogens is 326 g/mol. The lowest BCUT2D eigenvalue weighted by molar-refractivity contribution is -0.126. The molecule has 1 rings (SSSR count). The summed E-state index contributed by atoms with van der Waals surface area (Å²) in [6, 6.07) is 4.73. The summed E-state index contributed by atoms with van der Waals surface area (Å²) >= 11 is 3.35. The van der Waals surface area contributed by atoms with Crippen molar-refractivity contribution in [1.29, 1.82) is 0 Å². The standard InChI is InChI=1S/C13H18BrN3O3/c1-8-5-9(14)3-4-11(8)17-12(18)6-16-13(19)10(15)7-20-2/h3-5,10H,6-7,15H2,1-2H3,(H,16,19)(H,17,18). The predicted octanol–water partition coefficient (Wildman–Crippen LogP) is 0.786. The Kier molecular flexibility index (Phi) is 6.63. The SMILES string of the molecule is COCC(N)C(=O)NCC(=O)Nc1ccc(Br)cc1C. The number of hydrogen-bond acceptors (Lipinski definition) is 4. The molecule has 0 saturated heterocycles. The summed E-state index contributed by atoms with van der Waals surface area (Å²) in [6.07, 6.45) is 0. The number of ether oxygens (including phenoxy) is 1. The molecule has 6 nitrogen and oxygen atoms in total. The second-order valence-electron chi connectivity index (χ2n) is 4.29. The van der Waals surface area contributed by atoms with Crippen molar-refractivity contribution >= 4 is 33.4 Å². The van der Waals surface area contributed by atoms with Crippen molar-refractivity contribution in [2.75, 3.05) is 25.6 Å². The number of carbonyl (C=O) groups is 2. The molecule has 0 spiro atoms. The third-order valence-electron chi connectivity index (χ3n) is 2.57. The normalized spacial score (nSPS) is 11.8. The molecule has 2 amide bonds. The van der Waals surface area contributed by atoms with Gasteiger partial charge < -0.3 is 21.1 Å². The van der Waals surface area contributed by atoms with E-state index in [0.29, 0.717) is 5.69 Å². The second kappa shape index (κ2) is 7.98. The van der Waals surface area contributed by atoms with Gasteiger partial charge in [0, 0.05) is 17.3 Å². The quantitative estimate of drug-likeness (QED) is 0.711. The van der Waals surface area contributed by atoms with Crippen molar-refractivity contribution in [3.63, 3.8) is 0 Å². The molecule has 0 aliphatic heterocycles. The first kappa shape index (κ1) is 16.6. The fourth-order valence-corrected chi connectivity index (χ4v) is 1.99. The highest BCUT2D eigenvalue weighted by molar-refractivity contribution is 9.10. The largest absolute Gasteiger partial charge is 0.383 e. The number of rotatable bonds is 6. The van der Waals surface area contributed by atoms with Crippen molar-refractivity contribution in [2.24, 2.45) is 5.73 Å². The Morgan fingerprint density at radius 3 is 2.75 bits per heavy atom. The maximum absolute atomic E-state index is 11.7. The highest BCUT2D eigenvalue weighted by Gasteiger charge is 2.14. The molecule has 0 aliphatic rings. The van der Waals surface area contributed by atoms with Crippen molar-refractivity contribution in [3.05, 3.63) is 28.2 Å². The summed E-state index contributed by atoms with van der Waals surface area (Å²) in [6.45, 7) is 1.86. The van der Waals surface area contributed by atoms with Crippen molar-refractivity contribution < 1.29 is 14.3 Å². The maximum Gasteiger partial charge on any atom is 0.243 e. The Morgan fingerprint density at radius 2 is 2.15 bits per heavy atom. The summed E-state index contributed by atoms with van der Waals surface area (Å²) in [5.74, 6) is -0.733. The molecule has 4 N–H and O–H groups in total. The minimum atomic E-state index is -0.776. The molecule has 0 saturated carbocycles. The van der Waals surface area contributed by atoms with Gasteiger partial charge in [-0.1, -0.05) is 15.9 Å². The molecule has 0 bridgehead atoms. The maximum atomic E-state index is 11.7. The fourth-order valence-electron chi connectivity index (χ4n) is 1.52. The van der Waals surface area contributed by atoms with E-state index in [1.807, 2.05) is 19.1 Å². The van der Waals surface area contributed by atoms with Gasteiger partial charge in [-0.2, -0.15) is 0 Å². The first-order chi connectivity index (χ1) is 9.43. The van der Waals surface area contributed by atoms with Gasteiger partial charge in [-0.15, -0.1) is 0 Å². The molecule has 1 unspecified atom stereocenters. The van der Waals surface area contributed by atoms with Crippen LogP contribution >= 0.6 is 15.9 Å². The number of methoxy groups -OCH3 is 1. The fraction of sp³-hybridized carbons (Fsp3) is 0.385. The first-order valence-electron chi connectivity index (χ1n) is 6.02. The summed E-state index contributed by atoms with van der Waals surface area (Å²) in [5.41, 5.74) is 7.16. The topological polar surface area (TPSA) is 93.4 Å². The smallest absolute Gasteiger partial charge is 0.243 e. The van der Waals surface area contributed by atoms with E-state index in [2.05, 4.69) is 26.6 Å². The van der Waals surface area contributed by atoms with Crippen LogP contribution in [0, 0.1) is 6.92 Å². The monoisotopic (exact) mass is 343 g/mol. The van der Waals surface area contributed by atoms with Gasteiger partial charge in [0.15, 0.2) is 0 Å². The molecule has 20 heavy (non-hydrogen) atoms. The second-order valence-corrected chi connectivity index (χ2v) is 5.20. The Labute approximate surface area is 126 Å². The molecule has 1 atom stereocenters. The Hall–Kier alpha value is -1.44. The number of nitrogens with two attached hydrogens (primary N) is 1. The van der Waals surface area contributed by atoms with E-state index in [0.717, 1.165) is 10.0 Å². The molecule has 0 aromatic heterocycles. The van der Waals surface area contributed by atoms with E-state index in [1.54, 1.807) is 6.07 Å². The van der Waals surface area contributed by atoms with E-state index in [1.165, 1.54) is 7.11 Å². The van der Waals surface area contributed by atoms with Crippen molar-refractivity contribution in [2.45, 2.75) is 13.0 Å². The Balaban J connectivity index is 2.46. The minimum Gasteiger partial charge on any atom is -0.383 e. The third kappa shape index (κ3) is 5.28. The number of halogens is 1. The molecule has 110 valence electrons. The van der Waals surface area contributed by atoms with E-state index in [9.17, 15) is 9.59 Å². The highest BCUT2D eigenvalue weighted by Crippen LogP contribution is 2.19. The van der Waals surface area contributed by atoms with Crippen LogP contribution in [0.1, 0.15) is 5.56 Å². The van der Waals surface area contributed by atoms with Crippen LogP contribution in [-0.4, -0.2) is 38.1 Å². The Bertz CT molecular complexity index is 494. The zero-order valence-corrected chi connectivity index (χ0v) is 13.0. The van der Waals surface area contributed by atoms with Gasteiger partial charge in [-0.05, 0) is 30.7 Å². The number of aryl methyl sites for hydroxylation is 1. The number of hydrogen-bond donors (Lipinski definition) is 3. The molecule has 1 aromatic carbocycles. The zero-order valence-electron chi connectivity index (χ0n) is 11.4. The van der Waals surface area contributed by atoms with Crippen LogP contribution in [0.5, 0.6) is 0 Å². The lowest BCUT2D eigenvalue weighted by Crippen LogP contribution is -2.45. The summed E-state index contributed by atoms with van der Waals surface area (Å²) in [4.78, 5) is 23.2. The third-order valence-corrected chi connectivity index (χ3v) is 3.06. The minimum absolute atomic E-state index is 0.110. The van der Waals surface area contributed by atoms with Gasteiger partial charge in [0.05, 0.1) is 13.2 Å². The van der Waals surface area contributed by atoms with Gasteiger partial charge in [0.2, 0.25) is 11.8 Å². The molecule has 0 heterocycles. The molecule has 0 radical (unpaired) electrons. The van der Waals surface area contributed by atoms with Crippen LogP contribution in [0.15, 0.2) is 22.7 Å². The lowest BCUT2D eigenvalue weighted by atomic mass is 10.2. The van der Waals surface area contributed by atoms with Gasteiger partial charge in [0.1, 0.15) is 6.04 Å². The predicted molar refractivity (Wildman–Crippen MR) is 80.4 cm³/mol. The molecule has 7 heteroatoms. The van der Waals surface area contributed by atoms with E-state index in [-0.39, 0.29) is 19.1 Å². The van der Waals surface area contributed by atoms with Crippen molar-refractivity contribution in [3.8, 4) is 0 Å². The van der Waals surface area contributed by atoms with Crippen LogP contribution in [0.3, 0.4) is 0 Å². The molecule has 0 aliphatic carbocycles. The zero-order chi connectivity index (χ0) is 15.1. The number of carbonyl (C=O) groups excluding carboxylic acids is 2. The summed E-state index contributed by atoms with van der Waals surface area (Å²) in [7, 11) is 1.45. The van der Waals surface area contributed by atoms with Crippen molar-refractivity contribution in [1.82, 2.24) is 5.32 Å².